The molecule has 0 atom stereocenters. The monoisotopic (exact) mass is 247 g/mol. The first-order valence-corrected chi connectivity index (χ1v) is 6.29. The number of rotatable bonds is 2. The van der Waals surface area contributed by atoms with Gasteiger partial charge in [0.15, 0.2) is 5.82 Å². The van der Waals surface area contributed by atoms with Gasteiger partial charge in [-0.15, -0.1) is 0 Å². The zero-order chi connectivity index (χ0) is 12.6. The molecule has 2 aromatic heterocycles. The fourth-order valence-electron chi connectivity index (χ4n) is 2.48. The third-order valence-corrected chi connectivity index (χ3v) is 3.57. The Labute approximate surface area is 105 Å². The van der Waals surface area contributed by atoms with E-state index in [-0.39, 0.29) is 0 Å². The summed E-state index contributed by atoms with van der Waals surface area (Å²) in [6.45, 7) is 0. The summed E-state index contributed by atoms with van der Waals surface area (Å²) in [5.41, 5.74) is 6.79. The number of nitrogens with zero attached hydrogens (tertiary/aromatic N) is 4. The molecule has 1 aliphatic rings. The Hall–Kier alpha value is -1.69. The Bertz CT molecular complexity index is 538. The highest BCUT2D eigenvalue weighted by Gasteiger charge is 2.34. The third-order valence-electron chi connectivity index (χ3n) is 3.57. The van der Waals surface area contributed by atoms with Crippen LogP contribution >= 0.6 is 0 Å². The second-order valence-corrected chi connectivity index (χ2v) is 5.04. The van der Waals surface area contributed by atoms with Gasteiger partial charge in [-0.05, 0) is 12.8 Å². The topological polar surface area (TPSA) is 82.8 Å². The number of hydrogen-bond donors (Lipinski definition) is 1. The Morgan fingerprint density at radius 3 is 2.78 bits per heavy atom. The largest absolute Gasteiger partial charge is 0.334 e. The van der Waals surface area contributed by atoms with Crippen LogP contribution in [0.2, 0.25) is 0 Å². The minimum Gasteiger partial charge on any atom is -0.334 e. The summed E-state index contributed by atoms with van der Waals surface area (Å²) in [5, 5.41) is 8.14. The number of aromatic nitrogens is 4. The van der Waals surface area contributed by atoms with Crippen LogP contribution in [0.3, 0.4) is 0 Å². The first-order chi connectivity index (χ1) is 8.67. The Kier molecular flexibility index (Phi) is 2.66. The van der Waals surface area contributed by atoms with Crippen molar-refractivity contribution in [1.29, 1.82) is 0 Å². The van der Waals surface area contributed by atoms with Gasteiger partial charge in [0.1, 0.15) is 0 Å². The molecule has 18 heavy (non-hydrogen) atoms. The van der Waals surface area contributed by atoms with Gasteiger partial charge < -0.3 is 10.3 Å². The zero-order valence-electron chi connectivity index (χ0n) is 10.5. The van der Waals surface area contributed by atoms with Crippen molar-refractivity contribution in [2.75, 3.05) is 0 Å². The van der Waals surface area contributed by atoms with E-state index in [0.717, 1.165) is 31.2 Å². The van der Waals surface area contributed by atoms with Gasteiger partial charge in [0.2, 0.25) is 0 Å². The van der Waals surface area contributed by atoms with E-state index in [1.807, 2.05) is 13.2 Å². The quantitative estimate of drug-likeness (QED) is 0.871. The van der Waals surface area contributed by atoms with E-state index in [2.05, 4.69) is 15.2 Å². The zero-order valence-corrected chi connectivity index (χ0v) is 10.5. The number of nitrogens with two attached hydrogens (primary N) is 1. The van der Waals surface area contributed by atoms with Gasteiger partial charge >= 0.3 is 0 Å². The van der Waals surface area contributed by atoms with Gasteiger partial charge in [0.05, 0.1) is 17.3 Å². The van der Waals surface area contributed by atoms with Gasteiger partial charge in [-0.3, -0.25) is 4.68 Å². The molecule has 0 aromatic carbocycles. The van der Waals surface area contributed by atoms with Crippen LogP contribution in [0.1, 0.15) is 37.9 Å². The van der Waals surface area contributed by atoms with Crippen LogP contribution in [0.25, 0.3) is 11.5 Å². The second kappa shape index (κ2) is 4.20. The van der Waals surface area contributed by atoms with Crippen molar-refractivity contribution >= 4 is 0 Å². The summed E-state index contributed by atoms with van der Waals surface area (Å²) in [6, 6.07) is 0. The Morgan fingerprint density at radius 1 is 1.33 bits per heavy atom. The number of aryl methyl sites for hydroxylation is 1. The average molecular weight is 247 g/mol. The van der Waals surface area contributed by atoms with Crippen molar-refractivity contribution in [2.24, 2.45) is 12.8 Å². The predicted molar refractivity (Wildman–Crippen MR) is 65.5 cm³/mol. The van der Waals surface area contributed by atoms with Crippen LogP contribution in [0.4, 0.5) is 0 Å². The molecule has 6 heteroatoms. The smallest absolute Gasteiger partial charge is 0.261 e. The maximum Gasteiger partial charge on any atom is 0.261 e. The highest BCUT2D eigenvalue weighted by molar-refractivity contribution is 5.49. The molecule has 0 radical (unpaired) electrons. The second-order valence-electron chi connectivity index (χ2n) is 5.04. The van der Waals surface area contributed by atoms with Crippen LogP contribution in [0.5, 0.6) is 0 Å². The van der Waals surface area contributed by atoms with E-state index in [0.29, 0.717) is 11.7 Å². The van der Waals surface area contributed by atoms with Crippen molar-refractivity contribution in [3.63, 3.8) is 0 Å². The number of hydrogen-bond acceptors (Lipinski definition) is 5. The maximum absolute atomic E-state index is 6.37. The molecule has 1 aliphatic carbocycles. The van der Waals surface area contributed by atoms with Crippen LogP contribution in [0.15, 0.2) is 16.9 Å². The van der Waals surface area contributed by atoms with E-state index >= 15 is 0 Å². The molecule has 0 saturated heterocycles. The fourth-order valence-corrected chi connectivity index (χ4v) is 2.48. The highest BCUT2D eigenvalue weighted by Crippen LogP contribution is 2.33. The van der Waals surface area contributed by atoms with E-state index < -0.39 is 5.54 Å². The first-order valence-electron chi connectivity index (χ1n) is 6.29. The molecule has 1 saturated carbocycles. The molecule has 0 aliphatic heterocycles. The lowest BCUT2D eigenvalue weighted by Gasteiger charge is -2.29. The minimum absolute atomic E-state index is 0.414. The molecule has 1 fully saturated rings. The summed E-state index contributed by atoms with van der Waals surface area (Å²) in [7, 11) is 1.85. The first kappa shape index (κ1) is 11.4. The van der Waals surface area contributed by atoms with Gasteiger partial charge in [-0.1, -0.05) is 24.4 Å². The standard InChI is InChI=1S/C12H17N5O/c1-17-8-9(7-14-17)10-15-11(16-18-10)12(13)5-3-2-4-6-12/h7-8H,2-6,13H2,1H3. The maximum atomic E-state index is 6.37. The van der Waals surface area contributed by atoms with Gasteiger partial charge in [0, 0.05) is 13.2 Å². The van der Waals surface area contributed by atoms with Crippen molar-refractivity contribution in [3.8, 4) is 11.5 Å². The molecule has 0 bridgehead atoms. The lowest BCUT2D eigenvalue weighted by atomic mass is 9.82. The molecule has 2 heterocycles. The molecule has 0 amide bonds. The third kappa shape index (κ3) is 1.92. The van der Waals surface area contributed by atoms with E-state index in [4.69, 9.17) is 10.3 Å². The molecule has 3 rings (SSSR count). The van der Waals surface area contributed by atoms with Crippen molar-refractivity contribution in [1.82, 2.24) is 19.9 Å². The molecule has 0 spiro atoms. The molecule has 6 nitrogen and oxygen atoms in total. The van der Waals surface area contributed by atoms with E-state index in [1.54, 1.807) is 10.9 Å². The summed E-state index contributed by atoms with van der Waals surface area (Å²) < 4.78 is 6.99. The molecular formula is C12H17N5O. The lowest BCUT2D eigenvalue weighted by molar-refractivity contribution is 0.275. The van der Waals surface area contributed by atoms with Crippen LogP contribution in [0, 0.1) is 0 Å². The highest BCUT2D eigenvalue weighted by atomic mass is 16.5. The molecule has 2 aromatic rings. The van der Waals surface area contributed by atoms with Crippen molar-refractivity contribution < 1.29 is 4.52 Å². The molecule has 2 N–H and O–H groups in total. The summed E-state index contributed by atoms with van der Waals surface area (Å²) in [4.78, 5) is 4.43. The predicted octanol–water partition coefficient (Wildman–Crippen LogP) is 1.59. The van der Waals surface area contributed by atoms with Gasteiger partial charge in [-0.2, -0.15) is 10.1 Å². The molecular weight excluding hydrogens is 230 g/mol. The van der Waals surface area contributed by atoms with Gasteiger partial charge in [0.25, 0.3) is 5.89 Å². The van der Waals surface area contributed by atoms with E-state index in [9.17, 15) is 0 Å². The minimum atomic E-state index is -0.414. The fraction of sp³-hybridized carbons (Fsp3) is 0.583. The van der Waals surface area contributed by atoms with Crippen molar-refractivity contribution in [3.05, 3.63) is 18.2 Å². The Balaban J connectivity index is 1.89. The normalized spacial score (nSPS) is 19.0. The van der Waals surface area contributed by atoms with Gasteiger partial charge in [-0.25, -0.2) is 0 Å². The van der Waals surface area contributed by atoms with Crippen molar-refractivity contribution in [2.45, 2.75) is 37.6 Å². The lowest BCUT2D eigenvalue weighted by Crippen LogP contribution is -2.39. The van der Waals surface area contributed by atoms with E-state index in [1.165, 1.54) is 6.42 Å². The van der Waals surface area contributed by atoms with Crippen LogP contribution in [-0.2, 0) is 12.6 Å². The van der Waals surface area contributed by atoms with Crippen LogP contribution in [-0.4, -0.2) is 19.9 Å². The summed E-state index contributed by atoms with van der Waals surface area (Å²) in [6.07, 6.45) is 8.92. The molecule has 0 unspecified atom stereocenters. The summed E-state index contributed by atoms with van der Waals surface area (Å²) in [5.74, 6) is 1.12. The SMILES string of the molecule is Cn1cc(-c2nc(C3(N)CCCCC3)no2)cn1. The van der Waals surface area contributed by atoms with Crippen LogP contribution < -0.4 is 5.73 Å². The average Bonchev–Trinajstić information content (AvgIpc) is 2.98. The summed E-state index contributed by atoms with van der Waals surface area (Å²) >= 11 is 0. The molecule has 96 valence electrons. The Morgan fingerprint density at radius 2 is 2.11 bits per heavy atom.